The quantitative estimate of drug-likeness (QED) is 0.0308. The minimum absolute atomic E-state index is 0.0214. The normalized spacial score (nSPS) is 14.1. The van der Waals surface area contributed by atoms with E-state index in [9.17, 15) is 78.0 Å². The molecule has 2 aromatic carbocycles. The first-order valence-electron chi connectivity index (χ1n) is 24.4. The van der Waals surface area contributed by atoms with Crippen LogP contribution in [0.2, 0.25) is 0 Å². The lowest BCUT2D eigenvalue weighted by molar-refractivity contribution is -0.142. The van der Waals surface area contributed by atoms with Crippen molar-refractivity contribution in [2.75, 3.05) is 12.3 Å². The van der Waals surface area contributed by atoms with Crippen molar-refractivity contribution in [3.05, 3.63) is 59.7 Å². The van der Waals surface area contributed by atoms with Gasteiger partial charge < -0.3 is 80.2 Å². The molecule has 0 radical (unpaired) electrons. The van der Waals surface area contributed by atoms with Gasteiger partial charge in [-0.05, 0) is 79.3 Å². The Hall–Kier alpha value is -8.01. The maximum Gasteiger partial charge on any atom is 0.326 e. The van der Waals surface area contributed by atoms with Gasteiger partial charge in [-0.1, -0.05) is 52.0 Å². The maximum absolute atomic E-state index is 14.0. The predicted octanol–water partition coefficient (Wildman–Crippen LogP) is -3.17. The fourth-order valence-corrected chi connectivity index (χ4v) is 7.58. The van der Waals surface area contributed by atoms with E-state index in [4.69, 9.17) is 17.2 Å². The molecule has 0 spiro atoms. The van der Waals surface area contributed by atoms with Crippen molar-refractivity contribution in [2.24, 2.45) is 29.0 Å². The maximum atomic E-state index is 14.0. The first-order valence-corrected chi connectivity index (χ1v) is 25.0. The summed E-state index contributed by atoms with van der Waals surface area (Å²) >= 11 is 4.13. The molecule has 0 aliphatic heterocycles. The van der Waals surface area contributed by atoms with Crippen LogP contribution in [0.5, 0.6) is 11.5 Å². The standard InChI is InChI=1S/C49H71N11O16S/c1-24(2)17-33(57-44(70)31(13-15-38(51)63)55-42(68)30(50)19-26-5-9-28(61)10-6-26)46(72)56-32(14-16-41(66)67)45(71)59-35(21-39(52)64)48(74)58-34(20-27-7-11-29(62)12-8-27)47(73)60-37(23-77)43(69)53-22-40(65)54-36(49(75)76)18-25(3)4/h5-12,24-25,30-37,61-62,77H,13-23,50H2,1-4H3,(H2,51,63)(H2,52,64)(H,53,69)(H,54,65)(H,55,68)(H,56,72)(H,57,70)(H,58,74)(H,59,71)(H,60,73)(H,66,67)(H,75,76)/t30-,31-,32-,33-,34-,35-,36-,37-/m0/s1. The van der Waals surface area contributed by atoms with Crippen molar-refractivity contribution in [1.82, 2.24) is 42.5 Å². The molecular formula is C49H71N11O16S. The zero-order valence-electron chi connectivity index (χ0n) is 43.0. The fourth-order valence-electron chi connectivity index (χ4n) is 7.32. The zero-order valence-corrected chi connectivity index (χ0v) is 43.9. The largest absolute Gasteiger partial charge is 0.508 e. The zero-order chi connectivity index (χ0) is 58.1. The van der Waals surface area contributed by atoms with Crippen LogP contribution in [0.3, 0.4) is 0 Å². The molecule has 0 bridgehead atoms. The number of rotatable bonds is 34. The molecule has 0 aromatic heterocycles. The molecule has 2 aromatic rings. The molecule has 0 aliphatic carbocycles. The number of carboxylic acid groups (broad SMARTS) is 2. The number of thiol groups is 1. The van der Waals surface area contributed by atoms with E-state index in [0.29, 0.717) is 11.1 Å². The minimum atomic E-state index is -1.91. The van der Waals surface area contributed by atoms with Gasteiger partial charge in [-0.15, -0.1) is 0 Å². The summed E-state index contributed by atoms with van der Waals surface area (Å²) in [7, 11) is 0. The van der Waals surface area contributed by atoms with Gasteiger partial charge >= 0.3 is 11.9 Å². The number of benzene rings is 2. The highest BCUT2D eigenvalue weighted by Gasteiger charge is 2.35. The number of carboxylic acids is 2. The van der Waals surface area contributed by atoms with Gasteiger partial charge in [0.25, 0.3) is 0 Å². The van der Waals surface area contributed by atoms with Crippen molar-refractivity contribution in [3.63, 3.8) is 0 Å². The number of carbonyl (C=O) groups excluding carboxylic acids is 10. The number of hydrogen-bond acceptors (Lipinski definition) is 16. The van der Waals surface area contributed by atoms with E-state index in [1.165, 1.54) is 48.5 Å². The van der Waals surface area contributed by atoms with Crippen molar-refractivity contribution in [3.8, 4) is 11.5 Å². The molecule has 10 amide bonds. The van der Waals surface area contributed by atoms with E-state index >= 15 is 0 Å². The topological polar surface area (TPSA) is 460 Å². The second-order valence-electron chi connectivity index (χ2n) is 18.9. The highest BCUT2D eigenvalue weighted by molar-refractivity contribution is 7.80. The number of aliphatic carboxylic acids is 2. The number of aromatic hydroxyl groups is 2. The summed E-state index contributed by atoms with van der Waals surface area (Å²) in [6.07, 6.45) is -3.36. The van der Waals surface area contributed by atoms with Crippen molar-refractivity contribution >= 4 is 83.6 Å². The van der Waals surface area contributed by atoms with E-state index in [-0.39, 0.29) is 67.6 Å². The molecule has 0 saturated carbocycles. The molecule has 77 heavy (non-hydrogen) atoms. The summed E-state index contributed by atoms with van der Waals surface area (Å²) in [5, 5.41) is 57.5. The molecule has 0 heterocycles. The molecule has 0 saturated heterocycles. The van der Waals surface area contributed by atoms with Crippen LogP contribution in [0.1, 0.15) is 83.8 Å². The SMILES string of the molecule is CC(C)C[C@H](NC(=O)CNC(=O)[C@H](CS)NC(=O)[C@H](Cc1ccc(O)cc1)NC(=O)[C@H](CC(N)=O)NC(=O)[C@H](CCC(=O)O)NC(=O)[C@H](CC(C)C)NC(=O)[C@H](CCC(N)=O)NC(=O)[C@@H](N)Cc1ccc(O)cc1)C(=O)O. The van der Waals surface area contributed by atoms with Gasteiger partial charge in [0, 0.05) is 25.0 Å². The van der Waals surface area contributed by atoms with Gasteiger partial charge in [-0.2, -0.15) is 12.6 Å². The first-order chi connectivity index (χ1) is 36.1. The Bertz CT molecular complexity index is 2410. The van der Waals surface area contributed by atoms with Crippen LogP contribution in [0.15, 0.2) is 48.5 Å². The fraction of sp³-hybridized carbons (Fsp3) is 0.510. The Balaban J connectivity index is 2.39. The number of primary amides is 2. The van der Waals surface area contributed by atoms with Crippen LogP contribution in [0.4, 0.5) is 0 Å². The number of amides is 10. The average molecular weight is 1100 g/mol. The van der Waals surface area contributed by atoms with Crippen LogP contribution < -0.4 is 59.7 Å². The van der Waals surface area contributed by atoms with Gasteiger partial charge in [0.05, 0.1) is 19.0 Å². The molecule has 28 heteroatoms. The summed E-state index contributed by atoms with van der Waals surface area (Å²) in [5.74, 6) is -13.7. The van der Waals surface area contributed by atoms with Crippen LogP contribution in [0, 0.1) is 11.8 Å². The number of hydrogen-bond donors (Lipinski definition) is 16. The van der Waals surface area contributed by atoms with Gasteiger partial charge in [-0.3, -0.25) is 52.7 Å². The van der Waals surface area contributed by atoms with E-state index in [1.54, 1.807) is 27.7 Å². The number of phenolic OH excluding ortho intramolecular Hbond substituents is 2. The van der Waals surface area contributed by atoms with Crippen molar-refractivity contribution in [1.29, 1.82) is 0 Å². The molecule has 0 unspecified atom stereocenters. The molecule has 8 atom stereocenters. The third-order valence-corrected chi connectivity index (χ3v) is 11.7. The molecule has 18 N–H and O–H groups in total. The predicted molar refractivity (Wildman–Crippen MR) is 278 cm³/mol. The third-order valence-electron chi connectivity index (χ3n) is 11.3. The monoisotopic (exact) mass is 1100 g/mol. The molecule has 0 aliphatic rings. The van der Waals surface area contributed by atoms with Crippen LogP contribution in [-0.4, -0.2) is 152 Å². The van der Waals surface area contributed by atoms with Gasteiger partial charge in [0.1, 0.15) is 53.8 Å². The number of nitrogens with one attached hydrogen (secondary N) is 8. The summed E-state index contributed by atoms with van der Waals surface area (Å²) in [4.78, 5) is 156. The summed E-state index contributed by atoms with van der Waals surface area (Å²) in [6.45, 7) is 6.17. The molecule has 2 rings (SSSR count). The van der Waals surface area contributed by atoms with Gasteiger partial charge in [0.15, 0.2) is 0 Å². The smallest absolute Gasteiger partial charge is 0.326 e. The lowest BCUT2D eigenvalue weighted by atomic mass is 10.0. The summed E-state index contributed by atoms with van der Waals surface area (Å²) in [5.41, 5.74) is 17.8. The first kappa shape index (κ1) is 65.1. The third kappa shape index (κ3) is 24.9. The second-order valence-corrected chi connectivity index (χ2v) is 19.3. The molecule has 424 valence electrons. The van der Waals surface area contributed by atoms with E-state index in [0.717, 1.165) is 0 Å². The van der Waals surface area contributed by atoms with Crippen molar-refractivity contribution < 1.29 is 78.0 Å². The lowest BCUT2D eigenvalue weighted by Crippen LogP contribution is -2.61. The van der Waals surface area contributed by atoms with Crippen molar-refractivity contribution in [2.45, 2.75) is 134 Å². The van der Waals surface area contributed by atoms with Gasteiger partial charge in [0.2, 0.25) is 59.1 Å². The Kier molecular flexibility index (Phi) is 27.4. The molecular weight excluding hydrogens is 1030 g/mol. The summed E-state index contributed by atoms with van der Waals surface area (Å²) in [6, 6.07) is -1.04. The van der Waals surface area contributed by atoms with E-state index in [2.05, 4.69) is 55.2 Å². The minimum Gasteiger partial charge on any atom is -0.508 e. The number of nitrogens with two attached hydrogens (primary N) is 3. The summed E-state index contributed by atoms with van der Waals surface area (Å²) < 4.78 is 0. The Labute approximate surface area is 449 Å². The van der Waals surface area contributed by atoms with Crippen LogP contribution in [-0.2, 0) is 70.4 Å². The van der Waals surface area contributed by atoms with E-state index in [1.807, 2.05) is 0 Å². The average Bonchev–Trinajstić information content (AvgIpc) is 3.34. The molecule has 0 fully saturated rings. The van der Waals surface area contributed by atoms with Crippen LogP contribution >= 0.6 is 12.6 Å². The Morgan fingerprint density at radius 2 is 0.909 bits per heavy atom. The highest BCUT2D eigenvalue weighted by Crippen LogP contribution is 2.15. The molecule has 27 nitrogen and oxygen atoms in total. The number of carbonyl (C=O) groups is 12. The Morgan fingerprint density at radius 1 is 0.494 bits per heavy atom. The highest BCUT2D eigenvalue weighted by atomic mass is 32.1. The lowest BCUT2D eigenvalue weighted by Gasteiger charge is -2.28. The van der Waals surface area contributed by atoms with E-state index < -0.39 is 145 Å². The van der Waals surface area contributed by atoms with Gasteiger partial charge in [-0.25, -0.2) is 4.79 Å². The van der Waals surface area contributed by atoms with Crippen LogP contribution in [0.25, 0.3) is 0 Å². The Morgan fingerprint density at radius 3 is 1.39 bits per heavy atom. The number of phenols is 2. The second kappa shape index (κ2) is 32.4.